The maximum Gasteiger partial charge on any atom is 0.409 e. The quantitative estimate of drug-likeness (QED) is 0.544. The molecule has 0 aliphatic carbocycles. The summed E-state index contributed by atoms with van der Waals surface area (Å²) in [5.74, 6) is 0.196. The lowest BCUT2D eigenvalue weighted by Crippen LogP contribution is -2.51. The normalized spacial score (nSPS) is 15.0. The van der Waals surface area contributed by atoms with Crippen molar-refractivity contribution in [1.29, 1.82) is 0 Å². The molecular formula is C24H26N2O4S2. The van der Waals surface area contributed by atoms with Crippen LogP contribution in [0.4, 0.5) is 4.79 Å². The standard InChI is InChI=1S/C24H26N2O4S2/c1-2-30-24(28)26-12-10-25(11-13-26)23(27)17-32(29)16-18-6-5-7-19(14-18)21-15-31-22-9-4-3-8-20(21)22/h3-9,14-15H,2,10-13,16-17H2,1H3. The minimum absolute atomic E-state index is 0.00891. The Balaban J connectivity index is 1.34. The van der Waals surface area contributed by atoms with Crippen LogP contribution in [0.25, 0.3) is 21.2 Å². The highest BCUT2D eigenvalue weighted by Crippen LogP contribution is 2.34. The highest BCUT2D eigenvalue weighted by molar-refractivity contribution is 7.84. The van der Waals surface area contributed by atoms with E-state index in [1.165, 1.54) is 15.6 Å². The Kier molecular flexibility index (Phi) is 7.22. The van der Waals surface area contributed by atoms with Gasteiger partial charge in [-0.25, -0.2) is 4.79 Å². The number of ether oxygens (including phenoxy) is 1. The molecule has 1 atom stereocenters. The summed E-state index contributed by atoms with van der Waals surface area (Å²) in [6.07, 6.45) is -0.346. The summed E-state index contributed by atoms with van der Waals surface area (Å²) >= 11 is 1.71. The number of hydrogen-bond donors (Lipinski definition) is 0. The van der Waals surface area contributed by atoms with E-state index in [0.29, 0.717) is 38.5 Å². The Morgan fingerprint density at radius 2 is 1.78 bits per heavy atom. The van der Waals surface area contributed by atoms with Crippen LogP contribution >= 0.6 is 11.3 Å². The van der Waals surface area contributed by atoms with Gasteiger partial charge in [0.2, 0.25) is 5.91 Å². The van der Waals surface area contributed by atoms with Crippen molar-refractivity contribution in [3.05, 3.63) is 59.5 Å². The number of thiophene rings is 1. The molecule has 6 nitrogen and oxygen atoms in total. The average molecular weight is 471 g/mol. The molecule has 0 spiro atoms. The monoisotopic (exact) mass is 470 g/mol. The fourth-order valence-corrected chi connectivity index (χ4v) is 5.93. The van der Waals surface area contributed by atoms with Crippen LogP contribution in [-0.2, 0) is 26.1 Å². The van der Waals surface area contributed by atoms with E-state index in [1.54, 1.807) is 28.1 Å². The highest BCUT2D eigenvalue weighted by atomic mass is 32.2. The van der Waals surface area contributed by atoms with E-state index in [-0.39, 0.29) is 17.8 Å². The summed E-state index contributed by atoms with van der Waals surface area (Å²) in [5, 5.41) is 3.37. The first-order valence-corrected chi connectivity index (χ1v) is 13.0. The molecule has 1 aromatic heterocycles. The second kappa shape index (κ2) is 10.3. The van der Waals surface area contributed by atoms with Crippen molar-refractivity contribution >= 4 is 44.2 Å². The zero-order valence-corrected chi connectivity index (χ0v) is 19.6. The molecule has 8 heteroatoms. The number of hydrogen-bond acceptors (Lipinski definition) is 5. The van der Waals surface area contributed by atoms with Gasteiger partial charge in [-0.05, 0) is 29.5 Å². The topological polar surface area (TPSA) is 66.9 Å². The van der Waals surface area contributed by atoms with Gasteiger partial charge in [0.05, 0.1) is 6.61 Å². The Morgan fingerprint density at radius 3 is 2.56 bits per heavy atom. The van der Waals surface area contributed by atoms with Gasteiger partial charge in [-0.2, -0.15) is 0 Å². The lowest BCUT2D eigenvalue weighted by atomic mass is 10.0. The SMILES string of the molecule is CCOC(=O)N1CCN(C(=O)CS(=O)Cc2cccc(-c3csc4ccccc34)c2)CC1. The summed E-state index contributed by atoms with van der Waals surface area (Å²) in [6, 6.07) is 16.4. The molecule has 1 fully saturated rings. The molecule has 0 saturated carbocycles. The smallest absolute Gasteiger partial charge is 0.409 e. The molecule has 2 amide bonds. The fraction of sp³-hybridized carbons (Fsp3) is 0.333. The van der Waals surface area contributed by atoms with Crippen LogP contribution in [0.1, 0.15) is 12.5 Å². The van der Waals surface area contributed by atoms with Gasteiger partial charge < -0.3 is 14.5 Å². The zero-order chi connectivity index (χ0) is 22.5. The maximum atomic E-state index is 12.7. The first kappa shape index (κ1) is 22.5. The second-order valence-electron chi connectivity index (χ2n) is 7.64. The average Bonchev–Trinajstić information content (AvgIpc) is 3.23. The molecule has 4 rings (SSSR count). The van der Waals surface area contributed by atoms with E-state index in [1.807, 2.05) is 24.3 Å². The second-order valence-corrected chi connectivity index (χ2v) is 10.0. The number of rotatable bonds is 6. The maximum absolute atomic E-state index is 12.7. The van der Waals surface area contributed by atoms with Gasteiger partial charge in [-0.3, -0.25) is 9.00 Å². The Morgan fingerprint density at radius 1 is 1.03 bits per heavy atom. The number of fused-ring (bicyclic) bond motifs is 1. The first-order chi connectivity index (χ1) is 15.5. The lowest BCUT2D eigenvalue weighted by Gasteiger charge is -2.34. The van der Waals surface area contributed by atoms with Crippen LogP contribution in [-0.4, -0.2) is 64.5 Å². The molecule has 1 unspecified atom stereocenters. The Bertz CT molecular complexity index is 1140. The number of nitrogens with zero attached hydrogens (tertiary/aromatic N) is 2. The third kappa shape index (κ3) is 5.19. The fourth-order valence-electron chi connectivity index (χ4n) is 3.85. The van der Waals surface area contributed by atoms with Crippen LogP contribution in [0, 0.1) is 0 Å². The number of carbonyl (C=O) groups is 2. The molecule has 0 N–H and O–H groups in total. The Labute approximate surface area is 194 Å². The molecule has 1 aliphatic rings. The molecule has 0 bridgehead atoms. The van der Waals surface area contributed by atoms with Gasteiger partial charge in [-0.15, -0.1) is 11.3 Å². The number of carbonyl (C=O) groups excluding carboxylic acids is 2. The molecule has 2 aromatic carbocycles. The Hall–Kier alpha value is -2.71. The summed E-state index contributed by atoms with van der Waals surface area (Å²) in [4.78, 5) is 27.7. The largest absolute Gasteiger partial charge is 0.450 e. The summed E-state index contributed by atoms with van der Waals surface area (Å²) in [6.45, 7) is 3.86. The number of amides is 2. The molecule has 1 saturated heterocycles. The molecule has 0 radical (unpaired) electrons. The molecule has 32 heavy (non-hydrogen) atoms. The van der Waals surface area contributed by atoms with E-state index in [4.69, 9.17) is 4.74 Å². The highest BCUT2D eigenvalue weighted by Gasteiger charge is 2.25. The predicted octanol–water partition coefficient (Wildman–Crippen LogP) is 4.12. The lowest BCUT2D eigenvalue weighted by molar-refractivity contribution is -0.129. The summed E-state index contributed by atoms with van der Waals surface area (Å²) in [5.41, 5.74) is 3.23. The third-order valence-corrected chi connectivity index (χ3v) is 7.68. The van der Waals surface area contributed by atoms with Crippen LogP contribution in [0.15, 0.2) is 53.9 Å². The van der Waals surface area contributed by atoms with Crippen LogP contribution in [0.5, 0.6) is 0 Å². The van der Waals surface area contributed by atoms with Crippen molar-refractivity contribution in [3.63, 3.8) is 0 Å². The molecule has 1 aliphatic heterocycles. The van der Waals surface area contributed by atoms with E-state index in [2.05, 4.69) is 29.6 Å². The minimum atomic E-state index is -1.30. The van der Waals surface area contributed by atoms with Gasteiger partial charge >= 0.3 is 6.09 Å². The zero-order valence-electron chi connectivity index (χ0n) is 18.0. The van der Waals surface area contributed by atoms with Crippen LogP contribution in [0.2, 0.25) is 0 Å². The van der Waals surface area contributed by atoms with Crippen molar-refractivity contribution in [1.82, 2.24) is 9.80 Å². The number of piperazine rings is 1. The van der Waals surface area contributed by atoms with Crippen LogP contribution < -0.4 is 0 Å². The molecule has 168 valence electrons. The van der Waals surface area contributed by atoms with E-state index >= 15 is 0 Å². The van der Waals surface area contributed by atoms with Gasteiger partial charge in [0.15, 0.2) is 0 Å². The van der Waals surface area contributed by atoms with Crippen molar-refractivity contribution in [3.8, 4) is 11.1 Å². The summed E-state index contributed by atoms with van der Waals surface area (Å²) < 4.78 is 19.0. The van der Waals surface area contributed by atoms with Crippen molar-refractivity contribution in [2.75, 3.05) is 38.5 Å². The molecular weight excluding hydrogens is 444 g/mol. The van der Waals surface area contributed by atoms with Gasteiger partial charge in [0.1, 0.15) is 5.75 Å². The van der Waals surface area contributed by atoms with E-state index < -0.39 is 10.8 Å². The summed E-state index contributed by atoms with van der Waals surface area (Å²) in [7, 11) is -1.30. The first-order valence-electron chi connectivity index (χ1n) is 10.6. The van der Waals surface area contributed by atoms with Gasteiger partial charge in [-0.1, -0.05) is 42.5 Å². The predicted molar refractivity (Wildman–Crippen MR) is 129 cm³/mol. The third-order valence-electron chi connectivity index (χ3n) is 5.49. The van der Waals surface area contributed by atoms with Crippen molar-refractivity contribution in [2.45, 2.75) is 12.7 Å². The number of benzene rings is 2. The van der Waals surface area contributed by atoms with Crippen molar-refractivity contribution in [2.24, 2.45) is 0 Å². The van der Waals surface area contributed by atoms with E-state index in [0.717, 1.165) is 11.1 Å². The van der Waals surface area contributed by atoms with Gasteiger partial charge in [0, 0.05) is 58.4 Å². The molecule has 2 heterocycles. The van der Waals surface area contributed by atoms with Gasteiger partial charge in [0.25, 0.3) is 0 Å². The minimum Gasteiger partial charge on any atom is -0.450 e. The van der Waals surface area contributed by atoms with Crippen LogP contribution in [0.3, 0.4) is 0 Å². The van der Waals surface area contributed by atoms with Crippen molar-refractivity contribution < 1.29 is 18.5 Å². The molecule has 3 aromatic rings. The van der Waals surface area contributed by atoms with E-state index in [9.17, 15) is 13.8 Å².